The van der Waals surface area contributed by atoms with Gasteiger partial charge in [-0.1, -0.05) is 0 Å². The molecular formula is C7H6F4O3S. The number of sulfone groups is 1. The second-order valence-electron chi connectivity index (χ2n) is 2.96. The van der Waals surface area contributed by atoms with Crippen molar-refractivity contribution in [2.45, 2.75) is 24.8 Å². The van der Waals surface area contributed by atoms with E-state index in [1.54, 1.807) is 0 Å². The zero-order valence-electron chi connectivity index (χ0n) is 7.27. The molecule has 0 radical (unpaired) electrons. The Kier molecular flexibility index (Phi) is 2.90. The van der Waals surface area contributed by atoms with Gasteiger partial charge in [-0.15, -0.1) is 0 Å². The van der Waals surface area contributed by atoms with Gasteiger partial charge < -0.3 is 0 Å². The summed E-state index contributed by atoms with van der Waals surface area (Å²) in [5.74, 6) is -2.97. The molecule has 0 N–H and O–H groups in total. The fraction of sp³-hybridized carbons (Fsp3) is 0.571. The first kappa shape index (κ1) is 12.2. The molecule has 1 rings (SSSR count). The number of ketones is 1. The van der Waals surface area contributed by atoms with E-state index in [2.05, 4.69) is 0 Å². The molecule has 1 aliphatic rings. The van der Waals surface area contributed by atoms with Crippen LogP contribution in [0.5, 0.6) is 0 Å². The van der Waals surface area contributed by atoms with Crippen molar-refractivity contribution in [1.82, 2.24) is 0 Å². The lowest BCUT2D eigenvalue weighted by atomic mass is 10.1. The van der Waals surface area contributed by atoms with Gasteiger partial charge in [0.1, 0.15) is 0 Å². The Morgan fingerprint density at radius 2 is 1.67 bits per heavy atom. The zero-order valence-corrected chi connectivity index (χ0v) is 8.08. The molecule has 0 atom stereocenters. The Morgan fingerprint density at radius 1 is 1.13 bits per heavy atom. The molecular weight excluding hydrogens is 240 g/mol. The highest BCUT2D eigenvalue weighted by molar-refractivity contribution is 7.96. The smallest absolute Gasteiger partial charge is 0.292 e. The minimum atomic E-state index is -5.70. The molecule has 0 saturated carbocycles. The predicted molar refractivity (Wildman–Crippen MR) is 42.0 cm³/mol. The molecule has 0 aromatic rings. The average molecular weight is 246 g/mol. The molecule has 0 aromatic heterocycles. The average Bonchev–Trinajstić information content (AvgIpc) is 2.07. The molecule has 0 aliphatic heterocycles. The van der Waals surface area contributed by atoms with Crippen molar-refractivity contribution in [3.8, 4) is 0 Å². The van der Waals surface area contributed by atoms with E-state index in [-0.39, 0.29) is 12.8 Å². The van der Waals surface area contributed by atoms with Crippen LogP contribution in [0.15, 0.2) is 10.7 Å². The molecule has 86 valence electrons. The number of hydrogen-bond acceptors (Lipinski definition) is 3. The summed E-state index contributed by atoms with van der Waals surface area (Å²) in [6, 6.07) is 0. The molecule has 0 fully saturated rings. The van der Waals surface area contributed by atoms with Crippen LogP contribution in [0.2, 0.25) is 0 Å². The summed E-state index contributed by atoms with van der Waals surface area (Å²) in [5.41, 5.74) is -5.56. The van der Waals surface area contributed by atoms with Crippen molar-refractivity contribution >= 4 is 15.6 Å². The SMILES string of the molecule is O=C1CCCC(S(=O)(=O)C(F)(F)F)=C1F. The maximum atomic E-state index is 12.9. The summed E-state index contributed by atoms with van der Waals surface area (Å²) < 4.78 is 70.5. The molecule has 0 spiro atoms. The third-order valence-corrected chi connectivity index (χ3v) is 3.57. The molecule has 1 aliphatic carbocycles. The molecule has 15 heavy (non-hydrogen) atoms. The number of carbonyl (C=O) groups excluding carboxylic acids is 1. The standard InChI is InChI=1S/C7H6F4O3S/c8-6-4(12)2-1-3-5(6)15(13,14)7(9,10)11/h1-3H2. The zero-order chi connectivity index (χ0) is 11.9. The summed E-state index contributed by atoms with van der Waals surface area (Å²) >= 11 is 0. The molecule has 0 heterocycles. The van der Waals surface area contributed by atoms with Gasteiger partial charge >= 0.3 is 5.51 Å². The number of alkyl halides is 3. The summed E-state index contributed by atoms with van der Waals surface area (Å²) in [6.45, 7) is 0. The van der Waals surface area contributed by atoms with Gasteiger partial charge in [-0.3, -0.25) is 4.79 Å². The number of rotatable bonds is 1. The van der Waals surface area contributed by atoms with Crippen molar-refractivity contribution in [3.05, 3.63) is 10.7 Å². The van der Waals surface area contributed by atoms with Crippen molar-refractivity contribution in [3.63, 3.8) is 0 Å². The second-order valence-corrected chi connectivity index (χ2v) is 4.93. The van der Waals surface area contributed by atoms with Crippen LogP contribution in [0, 0.1) is 0 Å². The second kappa shape index (κ2) is 3.58. The van der Waals surface area contributed by atoms with Crippen LogP contribution in [0.25, 0.3) is 0 Å². The normalized spacial score (nSPS) is 19.6. The lowest BCUT2D eigenvalue weighted by molar-refractivity contribution is -0.117. The van der Waals surface area contributed by atoms with Crippen LogP contribution < -0.4 is 0 Å². The summed E-state index contributed by atoms with van der Waals surface area (Å²) in [7, 11) is -5.70. The van der Waals surface area contributed by atoms with Crippen LogP contribution in [-0.2, 0) is 14.6 Å². The van der Waals surface area contributed by atoms with E-state index >= 15 is 0 Å². The largest absolute Gasteiger partial charge is 0.501 e. The first-order chi connectivity index (χ1) is 6.68. The molecule has 0 aromatic carbocycles. The molecule has 0 unspecified atom stereocenters. The third-order valence-electron chi connectivity index (χ3n) is 1.93. The van der Waals surface area contributed by atoms with E-state index in [4.69, 9.17) is 0 Å². The van der Waals surface area contributed by atoms with Gasteiger partial charge in [0, 0.05) is 6.42 Å². The molecule has 3 nitrogen and oxygen atoms in total. The maximum Gasteiger partial charge on any atom is 0.501 e. The highest BCUT2D eigenvalue weighted by Gasteiger charge is 2.50. The van der Waals surface area contributed by atoms with Crippen LogP contribution >= 0.6 is 0 Å². The Bertz CT molecular complexity index is 418. The van der Waals surface area contributed by atoms with Gasteiger partial charge in [0.2, 0.25) is 0 Å². The Balaban J connectivity index is 3.30. The lowest BCUT2D eigenvalue weighted by Crippen LogP contribution is -2.27. The summed E-state index contributed by atoms with van der Waals surface area (Å²) in [6.07, 6.45) is -0.932. The monoisotopic (exact) mass is 246 g/mol. The fourth-order valence-corrected chi connectivity index (χ4v) is 2.22. The van der Waals surface area contributed by atoms with E-state index in [0.29, 0.717) is 0 Å². The van der Waals surface area contributed by atoms with Gasteiger partial charge in [-0.2, -0.15) is 13.2 Å². The third kappa shape index (κ3) is 2.04. The number of halogens is 4. The van der Waals surface area contributed by atoms with Crippen molar-refractivity contribution in [1.29, 1.82) is 0 Å². The summed E-state index contributed by atoms with van der Waals surface area (Å²) in [4.78, 5) is 9.27. The Morgan fingerprint density at radius 3 is 2.13 bits per heavy atom. The minimum absolute atomic E-state index is 0.0864. The highest BCUT2D eigenvalue weighted by atomic mass is 32.2. The molecule has 0 amide bonds. The van der Waals surface area contributed by atoms with E-state index < -0.39 is 38.3 Å². The van der Waals surface area contributed by atoms with Crippen LogP contribution in [0.1, 0.15) is 19.3 Å². The number of hydrogen-bond donors (Lipinski definition) is 0. The number of Topliss-reactive ketones (excluding diaryl/α,β-unsaturated/α-hetero) is 1. The van der Waals surface area contributed by atoms with Gasteiger partial charge in [-0.05, 0) is 12.8 Å². The summed E-state index contributed by atoms with van der Waals surface area (Å²) in [5, 5.41) is 0. The first-order valence-electron chi connectivity index (χ1n) is 3.91. The van der Waals surface area contributed by atoms with Crippen LogP contribution in [0.4, 0.5) is 17.6 Å². The molecule has 0 bridgehead atoms. The van der Waals surface area contributed by atoms with Crippen molar-refractivity contribution < 1.29 is 30.8 Å². The van der Waals surface area contributed by atoms with E-state index in [0.717, 1.165) is 0 Å². The van der Waals surface area contributed by atoms with Gasteiger partial charge in [0.25, 0.3) is 9.84 Å². The van der Waals surface area contributed by atoms with Gasteiger partial charge in [0.05, 0.1) is 4.91 Å². The molecule has 0 saturated heterocycles. The highest BCUT2D eigenvalue weighted by Crippen LogP contribution is 2.36. The van der Waals surface area contributed by atoms with Gasteiger partial charge in [0.15, 0.2) is 11.6 Å². The van der Waals surface area contributed by atoms with E-state index in [1.807, 2.05) is 0 Å². The van der Waals surface area contributed by atoms with E-state index in [1.165, 1.54) is 0 Å². The van der Waals surface area contributed by atoms with Crippen molar-refractivity contribution in [2.24, 2.45) is 0 Å². The minimum Gasteiger partial charge on any atom is -0.292 e. The first-order valence-corrected chi connectivity index (χ1v) is 5.39. The fourth-order valence-electron chi connectivity index (χ4n) is 1.18. The van der Waals surface area contributed by atoms with Crippen LogP contribution in [0.3, 0.4) is 0 Å². The Labute approximate surface area is 82.7 Å². The van der Waals surface area contributed by atoms with Crippen molar-refractivity contribution in [2.75, 3.05) is 0 Å². The maximum absolute atomic E-state index is 12.9. The molecule has 8 heteroatoms. The number of allylic oxidation sites excluding steroid dienone is 2. The lowest BCUT2D eigenvalue weighted by Gasteiger charge is -2.15. The number of carbonyl (C=O) groups is 1. The van der Waals surface area contributed by atoms with Crippen LogP contribution in [-0.4, -0.2) is 19.7 Å². The Hall–Kier alpha value is -0.920. The predicted octanol–water partition coefficient (Wildman–Crippen LogP) is 1.86. The van der Waals surface area contributed by atoms with E-state index in [9.17, 15) is 30.8 Å². The topological polar surface area (TPSA) is 51.2 Å². The van der Waals surface area contributed by atoms with Gasteiger partial charge in [-0.25, -0.2) is 12.8 Å². The quantitative estimate of drug-likeness (QED) is 0.663.